The molecule has 1 amide bonds. The van der Waals surface area contributed by atoms with E-state index >= 15 is 0 Å². The van der Waals surface area contributed by atoms with Crippen molar-refractivity contribution in [3.8, 4) is 0 Å². The molecule has 2 N–H and O–H groups in total. The molecule has 0 saturated carbocycles. The molecule has 1 aliphatic rings. The number of aromatic nitrogens is 2. The number of amides is 1. The van der Waals surface area contributed by atoms with Gasteiger partial charge >= 0.3 is 5.69 Å². The fourth-order valence-electron chi connectivity index (χ4n) is 3.86. The molecule has 3 rings (SSSR count). The molecule has 2 aromatic rings. The number of methoxy groups -OCH3 is 1. The van der Waals surface area contributed by atoms with Gasteiger partial charge in [-0.2, -0.15) is 0 Å². The minimum absolute atomic E-state index is 0.179. The molecular formula is C21H30N4O4. The number of hydrogen-bond acceptors (Lipinski definition) is 5. The van der Waals surface area contributed by atoms with Gasteiger partial charge in [0.25, 0.3) is 11.5 Å². The molecule has 29 heavy (non-hydrogen) atoms. The van der Waals surface area contributed by atoms with Crippen LogP contribution < -0.4 is 16.6 Å². The first kappa shape index (κ1) is 21.3. The van der Waals surface area contributed by atoms with Crippen LogP contribution in [0, 0.1) is 0 Å². The Bertz CT molecular complexity index is 965. The van der Waals surface area contributed by atoms with Gasteiger partial charge in [-0.15, -0.1) is 0 Å². The summed E-state index contributed by atoms with van der Waals surface area (Å²) in [7, 11) is 1.51. The lowest BCUT2D eigenvalue weighted by molar-refractivity contribution is 0.0949. The van der Waals surface area contributed by atoms with Gasteiger partial charge in [0.15, 0.2) is 0 Å². The second kappa shape index (κ2) is 9.84. The molecule has 0 spiro atoms. The molecule has 8 heteroatoms. The van der Waals surface area contributed by atoms with Gasteiger partial charge in [-0.25, -0.2) is 4.79 Å². The number of benzene rings is 1. The van der Waals surface area contributed by atoms with E-state index in [0.717, 1.165) is 24.1 Å². The van der Waals surface area contributed by atoms with Crippen molar-refractivity contribution in [2.45, 2.75) is 45.2 Å². The summed E-state index contributed by atoms with van der Waals surface area (Å²) in [6.07, 6.45) is 4.69. The molecule has 1 unspecified atom stereocenters. The van der Waals surface area contributed by atoms with E-state index in [4.69, 9.17) is 4.74 Å². The van der Waals surface area contributed by atoms with Crippen LogP contribution in [0.2, 0.25) is 0 Å². The van der Waals surface area contributed by atoms with E-state index < -0.39 is 5.69 Å². The van der Waals surface area contributed by atoms with Crippen LogP contribution in [0.5, 0.6) is 0 Å². The van der Waals surface area contributed by atoms with Crippen LogP contribution in [0.25, 0.3) is 10.9 Å². The van der Waals surface area contributed by atoms with Crippen LogP contribution in [0.3, 0.4) is 0 Å². The molecule has 1 aliphatic heterocycles. The van der Waals surface area contributed by atoms with Gasteiger partial charge in [-0.3, -0.25) is 14.2 Å². The van der Waals surface area contributed by atoms with Gasteiger partial charge < -0.3 is 19.9 Å². The SMILES string of the molecule is COCCn1c(=O)[nH]c2cc(C(=O)NCCCN3CCCCC3C)ccc2c1=O. The highest BCUT2D eigenvalue weighted by atomic mass is 16.5. The van der Waals surface area contributed by atoms with Crippen molar-refractivity contribution < 1.29 is 9.53 Å². The average Bonchev–Trinajstić information content (AvgIpc) is 2.71. The molecule has 1 aromatic carbocycles. The summed E-state index contributed by atoms with van der Waals surface area (Å²) in [5.41, 5.74) is -0.104. The van der Waals surface area contributed by atoms with Gasteiger partial charge in [0, 0.05) is 31.8 Å². The zero-order chi connectivity index (χ0) is 20.8. The first-order valence-electron chi connectivity index (χ1n) is 10.3. The predicted molar refractivity (Wildman–Crippen MR) is 113 cm³/mol. The van der Waals surface area contributed by atoms with E-state index in [2.05, 4.69) is 22.1 Å². The second-order valence-corrected chi connectivity index (χ2v) is 7.63. The number of hydrogen-bond donors (Lipinski definition) is 2. The normalized spacial score (nSPS) is 17.5. The lowest BCUT2D eigenvalue weighted by Gasteiger charge is -2.33. The van der Waals surface area contributed by atoms with Crippen molar-refractivity contribution in [1.29, 1.82) is 0 Å². The number of H-pyrrole nitrogens is 1. The van der Waals surface area contributed by atoms with E-state index in [1.165, 1.54) is 26.4 Å². The summed E-state index contributed by atoms with van der Waals surface area (Å²) in [5.74, 6) is -0.206. The summed E-state index contributed by atoms with van der Waals surface area (Å²) >= 11 is 0. The lowest BCUT2D eigenvalue weighted by Crippen LogP contribution is -2.39. The Morgan fingerprint density at radius 2 is 2.10 bits per heavy atom. The largest absolute Gasteiger partial charge is 0.383 e. The highest BCUT2D eigenvalue weighted by molar-refractivity contribution is 5.97. The van der Waals surface area contributed by atoms with Gasteiger partial charge in [-0.1, -0.05) is 6.42 Å². The number of nitrogens with one attached hydrogen (secondary N) is 2. The van der Waals surface area contributed by atoms with E-state index in [1.807, 2.05) is 0 Å². The number of ether oxygens (including phenoxy) is 1. The first-order valence-corrected chi connectivity index (χ1v) is 10.3. The number of aromatic amines is 1. The summed E-state index contributed by atoms with van der Waals surface area (Å²) in [4.78, 5) is 42.3. The Morgan fingerprint density at radius 3 is 2.86 bits per heavy atom. The molecule has 0 aliphatic carbocycles. The van der Waals surface area contributed by atoms with Crippen LogP contribution >= 0.6 is 0 Å². The summed E-state index contributed by atoms with van der Waals surface area (Å²) in [6, 6.07) is 5.37. The monoisotopic (exact) mass is 402 g/mol. The van der Waals surface area contributed by atoms with E-state index in [9.17, 15) is 14.4 Å². The number of nitrogens with zero attached hydrogens (tertiary/aromatic N) is 2. The summed E-state index contributed by atoms with van der Waals surface area (Å²) < 4.78 is 6.05. The van der Waals surface area contributed by atoms with Crippen molar-refractivity contribution >= 4 is 16.8 Å². The third-order valence-corrected chi connectivity index (χ3v) is 5.61. The molecule has 158 valence electrons. The van der Waals surface area contributed by atoms with E-state index in [0.29, 0.717) is 29.1 Å². The van der Waals surface area contributed by atoms with Crippen molar-refractivity contribution in [3.05, 3.63) is 44.6 Å². The number of likely N-dealkylation sites (tertiary alicyclic amines) is 1. The molecule has 1 aromatic heterocycles. The maximum Gasteiger partial charge on any atom is 0.328 e. The van der Waals surface area contributed by atoms with Gasteiger partial charge in [0.05, 0.1) is 24.1 Å². The molecule has 8 nitrogen and oxygen atoms in total. The number of rotatable bonds is 8. The highest BCUT2D eigenvalue weighted by Crippen LogP contribution is 2.16. The summed E-state index contributed by atoms with van der Waals surface area (Å²) in [5, 5.41) is 3.30. The summed E-state index contributed by atoms with van der Waals surface area (Å²) in [6.45, 7) is 5.41. The quantitative estimate of drug-likeness (QED) is 0.650. The minimum Gasteiger partial charge on any atom is -0.383 e. The zero-order valence-corrected chi connectivity index (χ0v) is 17.2. The van der Waals surface area contributed by atoms with E-state index in [-0.39, 0.29) is 24.6 Å². The molecule has 1 saturated heterocycles. The maximum atomic E-state index is 12.5. The van der Waals surface area contributed by atoms with Crippen molar-refractivity contribution in [2.24, 2.45) is 0 Å². The topological polar surface area (TPSA) is 96.4 Å². The third kappa shape index (κ3) is 5.13. The molecule has 1 fully saturated rings. The van der Waals surface area contributed by atoms with Crippen LogP contribution in [-0.4, -0.2) is 59.8 Å². The van der Waals surface area contributed by atoms with Crippen molar-refractivity contribution in [3.63, 3.8) is 0 Å². The standard InChI is InChI=1S/C21H30N4O4/c1-15-6-3-4-10-24(15)11-5-9-22-19(26)16-7-8-17-18(14-16)23-21(28)25(20(17)27)12-13-29-2/h7-8,14-15H,3-6,9-13H2,1-2H3,(H,22,26)(H,23,28). The minimum atomic E-state index is -0.507. The highest BCUT2D eigenvalue weighted by Gasteiger charge is 2.17. The second-order valence-electron chi connectivity index (χ2n) is 7.63. The Labute approximate surface area is 169 Å². The number of carbonyl (C=O) groups is 1. The predicted octanol–water partition coefficient (Wildman–Crippen LogP) is 1.33. The molecule has 0 bridgehead atoms. The van der Waals surface area contributed by atoms with Crippen LogP contribution in [-0.2, 0) is 11.3 Å². The van der Waals surface area contributed by atoms with E-state index in [1.54, 1.807) is 18.2 Å². The van der Waals surface area contributed by atoms with Gasteiger partial charge in [0.2, 0.25) is 0 Å². The van der Waals surface area contributed by atoms with Gasteiger partial charge in [0.1, 0.15) is 0 Å². The van der Waals surface area contributed by atoms with Crippen molar-refractivity contribution in [1.82, 2.24) is 19.8 Å². The fraction of sp³-hybridized carbons (Fsp3) is 0.571. The first-order chi connectivity index (χ1) is 14.0. The van der Waals surface area contributed by atoms with Gasteiger partial charge in [-0.05, 0) is 50.9 Å². The van der Waals surface area contributed by atoms with Crippen molar-refractivity contribution in [2.75, 3.05) is 33.4 Å². The Balaban J connectivity index is 1.62. The Hall–Kier alpha value is -2.45. The molecule has 2 heterocycles. The molecular weight excluding hydrogens is 372 g/mol. The third-order valence-electron chi connectivity index (χ3n) is 5.61. The zero-order valence-electron chi connectivity index (χ0n) is 17.2. The fourth-order valence-corrected chi connectivity index (χ4v) is 3.86. The van der Waals surface area contributed by atoms with Crippen LogP contribution in [0.15, 0.2) is 27.8 Å². The Kier molecular flexibility index (Phi) is 7.22. The smallest absolute Gasteiger partial charge is 0.328 e. The lowest BCUT2D eigenvalue weighted by atomic mass is 10.0. The molecule has 1 atom stereocenters. The van der Waals surface area contributed by atoms with Crippen LogP contribution in [0.1, 0.15) is 43.0 Å². The number of piperidine rings is 1. The Morgan fingerprint density at radius 1 is 1.28 bits per heavy atom. The number of carbonyl (C=O) groups excluding carboxylic acids is 1. The van der Waals surface area contributed by atoms with Crippen LogP contribution in [0.4, 0.5) is 0 Å². The molecule has 0 radical (unpaired) electrons. The maximum absolute atomic E-state index is 12.5. The number of fused-ring (bicyclic) bond motifs is 1. The average molecular weight is 402 g/mol.